The number of hydrogen-bond acceptors (Lipinski definition) is 4. The molecule has 0 aliphatic carbocycles. The lowest BCUT2D eigenvalue weighted by molar-refractivity contribution is 0.00989. The van der Waals surface area contributed by atoms with Crippen LogP contribution in [0.1, 0.15) is 38.3 Å². The Hall–Kier alpha value is -1.10. The highest BCUT2D eigenvalue weighted by atomic mass is 16.5. The van der Waals surface area contributed by atoms with Gasteiger partial charge in [0.1, 0.15) is 5.75 Å². The molecule has 1 N–H and O–H groups in total. The largest absolute Gasteiger partial charge is 0.494 e. The van der Waals surface area contributed by atoms with Gasteiger partial charge < -0.3 is 19.5 Å². The average Bonchev–Trinajstić information content (AvgIpc) is 3.01. The van der Waals surface area contributed by atoms with E-state index in [0.717, 1.165) is 37.3 Å². The molecule has 1 aromatic rings. The first kappa shape index (κ1) is 16.3. The van der Waals surface area contributed by atoms with E-state index in [1.54, 1.807) is 0 Å². The number of ether oxygens (including phenoxy) is 3. The van der Waals surface area contributed by atoms with Crippen molar-refractivity contribution in [1.82, 2.24) is 5.32 Å². The quantitative estimate of drug-likeness (QED) is 0.760. The van der Waals surface area contributed by atoms with Crippen molar-refractivity contribution in [2.45, 2.75) is 38.8 Å². The Morgan fingerprint density at radius 2 is 2.19 bits per heavy atom. The van der Waals surface area contributed by atoms with Crippen LogP contribution in [0.25, 0.3) is 0 Å². The molecule has 0 saturated carbocycles. The van der Waals surface area contributed by atoms with E-state index in [1.165, 1.54) is 0 Å². The summed E-state index contributed by atoms with van der Waals surface area (Å²) >= 11 is 0. The second-order valence-corrected chi connectivity index (χ2v) is 5.25. The Kier molecular flexibility index (Phi) is 7.00. The van der Waals surface area contributed by atoms with Crippen molar-refractivity contribution in [3.05, 3.63) is 29.8 Å². The van der Waals surface area contributed by atoms with Crippen LogP contribution in [0.5, 0.6) is 5.75 Å². The Bertz CT molecular complexity index is 405. The fourth-order valence-electron chi connectivity index (χ4n) is 2.65. The SMILES string of the molecule is CCNC(COCC1CCCO1)c1ccccc1OCC. The molecule has 1 fully saturated rings. The van der Waals surface area contributed by atoms with E-state index in [0.29, 0.717) is 19.8 Å². The van der Waals surface area contributed by atoms with E-state index in [4.69, 9.17) is 14.2 Å². The molecule has 21 heavy (non-hydrogen) atoms. The Balaban J connectivity index is 1.93. The summed E-state index contributed by atoms with van der Waals surface area (Å²) in [6, 6.07) is 8.32. The van der Waals surface area contributed by atoms with Gasteiger partial charge in [-0.1, -0.05) is 25.1 Å². The number of hydrogen-bond donors (Lipinski definition) is 1. The highest BCUT2D eigenvalue weighted by Gasteiger charge is 2.19. The van der Waals surface area contributed by atoms with Gasteiger partial charge in [-0.05, 0) is 32.4 Å². The first-order valence-corrected chi connectivity index (χ1v) is 7.99. The molecule has 0 amide bonds. The minimum atomic E-state index is 0.152. The maximum Gasteiger partial charge on any atom is 0.124 e. The second kappa shape index (κ2) is 9.03. The third-order valence-corrected chi connectivity index (χ3v) is 3.66. The molecular weight excluding hydrogens is 266 g/mol. The van der Waals surface area contributed by atoms with Crippen LogP contribution < -0.4 is 10.1 Å². The molecule has 1 aliphatic heterocycles. The van der Waals surface area contributed by atoms with Crippen LogP contribution in [0.15, 0.2) is 24.3 Å². The molecule has 0 radical (unpaired) electrons. The number of para-hydroxylation sites is 1. The van der Waals surface area contributed by atoms with Gasteiger partial charge in [-0.15, -0.1) is 0 Å². The smallest absolute Gasteiger partial charge is 0.124 e. The second-order valence-electron chi connectivity index (χ2n) is 5.25. The molecule has 2 rings (SSSR count). The molecule has 2 atom stereocenters. The lowest BCUT2D eigenvalue weighted by Crippen LogP contribution is -2.27. The first-order chi connectivity index (χ1) is 10.3. The topological polar surface area (TPSA) is 39.7 Å². The van der Waals surface area contributed by atoms with Crippen LogP contribution in [0.2, 0.25) is 0 Å². The van der Waals surface area contributed by atoms with Gasteiger partial charge in [-0.2, -0.15) is 0 Å². The van der Waals surface area contributed by atoms with E-state index < -0.39 is 0 Å². The van der Waals surface area contributed by atoms with Crippen molar-refractivity contribution in [2.24, 2.45) is 0 Å². The predicted molar refractivity (Wildman–Crippen MR) is 83.8 cm³/mol. The lowest BCUT2D eigenvalue weighted by atomic mass is 10.1. The molecule has 0 bridgehead atoms. The van der Waals surface area contributed by atoms with Gasteiger partial charge in [-0.3, -0.25) is 0 Å². The Morgan fingerprint density at radius 3 is 2.90 bits per heavy atom. The summed E-state index contributed by atoms with van der Waals surface area (Å²) in [5.74, 6) is 0.937. The first-order valence-electron chi connectivity index (χ1n) is 7.99. The van der Waals surface area contributed by atoms with Crippen molar-refractivity contribution >= 4 is 0 Å². The summed E-state index contributed by atoms with van der Waals surface area (Å²) in [4.78, 5) is 0. The molecular formula is C17H27NO3. The van der Waals surface area contributed by atoms with Crippen LogP contribution in [0.4, 0.5) is 0 Å². The fourth-order valence-corrected chi connectivity index (χ4v) is 2.65. The molecule has 2 unspecified atom stereocenters. The Labute approximate surface area is 127 Å². The van der Waals surface area contributed by atoms with Gasteiger partial charge in [0.25, 0.3) is 0 Å². The summed E-state index contributed by atoms with van der Waals surface area (Å²) in [5, 5.41) is 3.48. The highest BCUT2D eigenvalue weighted by Crippen LogP contribution is 2.25. The maximum atomic E-state index is 5.88. The molecule has 1 heterocycles. The van der Waals surface area contributed by atoms with Gasteiger partial charge in [0, 0.05) is 12.2 Å². The molecule has 118 valence electrons. The molecule has 4 heteroatoms. The van der Waals surface area contributed by atoms with Gasteiger partial charge in [0.15, 0.2) is 0 Å². The molecule has 0 aromatic heterocycles. The van der Waals surface area contributed by atoms with Crippen molar-refractivity contribution in [2.75, 3.05) is 33.0 Å². The minimum Gasteiger partial charge on any atom is -0.494 e. The summed E-state index contributed by atoms with van der Waals surface area (Å²) in [6.45, 7) is 7.87. The number of nitrogens with one attached hydrogen (secondary N) is 1. The highest BCUT2D eigenvalue weighted by molar-refractivity contribution is 5.36. The molecule has 1 saturated heterocycles. The van der Waals surface area contributed by atoms with Crippen LogP contribution in [0.3, 0.4) is 0 Å². The van der Waals surface area contributed by atoms with Crippen LogP contribution in [-0.2, 0) is 9.47 Å². The van der Waals surface area contributed by atoms with E-state index in [9.17, 15) is 0 Å². The van der Waals surface area contributed by atoms with Crippen LogP contribution in [0, 0.1) is 0 Å². The van der Waals surface area contributed by atoms with E-state index in [1.807, 2.05) is 25.1 Å². The lowest BCUT2D eigenvalue weighted by Gasteiger charge is -2.22. The predicted octanol–water partition coefficient (Wildman–Crippen LogP) is 2.93. The molecule has 0 spiro atoms. The summed E-state index contributed by atoms with van der Waals surface area (Å²) < 4.78 is 17.2. The third-order valence-electron chi connectivity index (χ3n) is 3.66. The van der Waals surface area contributed by atoms with E-state index in [-0.39, 0.29) is 12.1 Å². The fraction of sp³-hybridized carbons (Fsp3) is 0.647. The van der Waals surface area contributed by atoms with Crippen molar-refractivity contribution in [3.8, 4) is 5.75 Å². The minimum absolute atomic E-state index is 0.152. The third kappa shape index (κ3) is 4.99. The van der Waals surface area contributed by atoms with E-state index >= 15 is 0 Å². The van der Waals surface area contributed by atoms with Gasteiger partial charge in [-0.25, -0.2) is 0 Å². The molecule has 1 aliphatic rings. The standard InChI is InChI=1S/C17H27NO3/c1-3-18-16(13-19-12-14-8-7-11-21-14)15-9-5-6-10-17(15)20-4-2/h5-6,9-10,14,16,18H,3-4,7-8,11-13H2,1-2H3. The van der Waals surface area contributed by atoms with Gasteiger partial charge >= 0.3 is 0 Å². The Morgan fingerprint density at radius 1 is 1.33 bits per heavy atom. The average molecular weight is 293 g/mol. The normalized spacial score (nSPS) is 19.6. The van der Waals surface area contributed by atoms with Gasteiger partial charge in [0.05, 0.1) is 32.0 Å². The number of likely N-dealkylation sites (N-methyl/N-ethyl adjacent to an activating group) is 1. The molecule has 1 aromatic carbocycles. The van der Waals surface area contributed by atoms with Crippen LogP contribution >= 0.6 is 0 Å². The summed E-state index contributed by atoms with van der Waals surface area (Å²) in [7, 11) is 0. The van der Waals surface area contributed by atoms with Crippen LogP contribution in [-0.4, -0.2) is 39.1 Å². The zero-order chi connectivity index (χ0) is 14.9. The van der Waals surface area contributed by atoms with E-state index in [2.05, 4.69) is 18.3 Å². The summed E-state index contributed by atoms with van der Waals surface area (Å²) in [5.41, 5.74) is 1.16. The van der Waals surface area contributed by atoms with Crippen molar-refractivity contribution in [3.63, 3.8) is 0 Å². The zero-order valence-electron chi connectivity index (χ0n) is 13.1. The maximum absolute atomic E-state index is 5.88. The van der Waals surface area contributed by atoms with Gasteiger partial charge in [0.2, 0.25) is 0 Å². The van der Waals surface area contributed by atoms with Crippen molar-refractivity contribution < 1.29 is 14.2 Å². The number of benzene rings is 1. The number of rotatable bonds is 9. The summed E-state index contributed by atoms with van der Waals surface area (Å²) in [6.07, 6.45) is 2.54. The van der Waals surface area contributed by atoms with Crippen molar-refractivity contribution in [1.29, 1.82) is 0 Å². The zero-order valence-corrected chi connectivity index (χ0v) is 13.1. The monoisotopic (exact) mass is 293 g/mol. The molecule has 4 nitrogen and oxygen atoms in total.